The molecule has 156 valence electrons. The second-order valence-corrected chi connectivity index (χ2v) is 8.85. The summed E-state index contributed by atoms with van der Waals surface area (Å²) in [4.78, 5) is 14.9. The van der Waals surface area contributed by atoms with Crippen LogP contribution in [0.1, 0.15) is 30.6 Å². The number of rotatable bonds is 7. The number of nitrogens with one attached hydrogen (secondary N) is 3. The number of anilines is 2. The van der Waals surface area contributed by atoms with Gasteiger partial charge in [0.05, 0.1) is 16.3 Å². The van der Waals surface area contributed by atoms with Crippen molar-refractivity contribution in [1.29, 1.82) is 0 Å². The highest BCUT2D eigenvalue weighted by Crippen LogP contribution is 2.30. The smallest absolute Gasteiger partial charge is 0.261 e. The largest absolute Gasteiger partial charge is 0.367 e. The van der Waals surface area contributed by atoms with E-state index in [2.05, 4.69) is 20.3 Å². The molecule has 0 unspecified atom stereocenters. The summed E-state index contributed by atoms with van der Waals surface area (Å²) < 4.78 is 28.5. The van der Waals surface area contributed by atoms with E-state index in [0.717, 1.165) is 38.3 Å². The van der Waals surface area contributed by atoms with Crippen LogP contribution in [-0.4, -0.2) is 46.5 Å². The number of sulfonamides is 1. The minimum absolute atomic E-state index is 0.0415. The number of amides is 1. The van der Waals surface area contributed by atoms with Gasteiger partial charge in [-0.2, -0.15) is 0 Å². The lowest BCUT2D eigenvalue weighted by molar-refractivity contribution is 0.0939. The number of nitrogens with zero attached hydrogens (tertiary/aromatic N) is 1. The molecule has 2 aromatic carbocycles. The summed E-state index contributed by atoms with van der Waals surface area (Å²) in [5.41, 5.74) is 1.61. The summed E-state index contributed by atoms with van der Waals surface area (Å²) in [7, 11) is -3.77. The van der Waals surface area contributed by atoms with Crippen molar-refractivity contribution in [2.24, 2.45) is 0 Å². The van der Waals surface area contributed by atoms with Gasteiger partial charge in [0, 0.05) is 37.8 Å². The average Bonchev–Trinajstić information content (AvgIpc) is 2.74. The second kappa shape index (κ2) is 9.28. The van der Waals surface area contributed by atoms with E-state index in [1.807, 2.05) is 19.9 Å². The van der Waals surface area contributed by atoms with E-state index < -0.39 is 10.0 Å². The fourth-order valence-corrected chi connectivity index (χ4v) is 4.24. The Bertz CT molecular complexity index is 942. The lowest BCUT2D eigenvalue weighted by Crippen LogP contribution is -2.43. The van der Waals surface area contributed by atoms with E-state index in [0.29, 0.717) is 11.3 Å². The molecule has 1 aliphatic heterocycles. The summed E-state index contributed by atoms with van der Waals surface area (Å²) in [5, 5.41) is 6.22. The fourth-order valence-electron chi connectivity index (χ4n) is 3.15. The predicted molar refractivity (Wildman–Crippen MR) is 116 cm³/mol. The van der Waals surface area contributed by atoms with Gasteiger partial charge < -0.3 is 15.5 Å². The molecule has 29 heavy (non-hydrogen) atoms. The molecule has 1 amide bonds. The third kappa shape index (κ3) is 5.27. The lowest BCUT2D eigenvalue weighted by Gasteiger charge is -2.31. The molecular formula is C21H28N4O3S. The van der Waals surface area contributed by atoms with Crippen LogP contribution in [0.25, 0.3) is 0 Å². The zero-order chi connectivity index (χ0) is 20.9. The maximum Gasteiger partial charge on any atom is 0.261 e. The van der Waals surface area contributed by atoms with Gasteiger partial charge in [-0.25, -0.2) is 8.42 Å². The Balaban J connectivity index is 1.96. The fraction of sp³-hybridized carbons (Fsp3) is 0.381. The van der Waals surface area contributed by atoms with Crippen molar-refractivity contribution in [3.8, 4) is 0 Å². The first-order chi connectivity index (χ1) is 13.9. The molecule has 0 bridgehead atoms. The van der Waals surface area contributed by atoms with Crippen LogP contribution in [0.15, 0.2) is 53.4 Å². The molecule has 0 radical (unpaired) electrons. The zero-order valence-corrected chi connectivity index (χ0v) is 17.6. The maximum atomic E-state index is 12.9. The summed E-state index contributed by atoms with van der Waals surface area (Å²) >= 11 is 0. The molecule has 1 fully saturated rings. The van der Waals surface area contributed by atoms with Crippen LogP contribution < -0.4 is 20.3 Å². The van der Waals surface area contributed by atoms with E-state index in [1.165, 1.54) is 0 Å². The van der Waals surface area contributed by atoms with Gasteiger partial charge in [-0.1, -0.05) is 25.1 Å². The van der Waals surface area contributed by atoms with Crippen molar-refractivity contribution in [2.75, 3.05) is 35.8 Å². The van der Waals surface area contributed by atoms with Crippen molar-refractivity contribution < 1.29 is 13.2 Å². The number of hydrogen-bond acceptors (Lipinski definition) is 5. The first kappa shape index (κ1) is 21.1. The van der Waals surface area contributed by atoms with Gasteiger partial charge >= 0.3 is 0 Å². The van der Waals surface area contributed by atoms with Crippen LogP contribution in [0.4, 0.5) is 11.4 Å². The molecule has 0 saturated carbocycles. The summed E-state index contributed by atoms with van der Waals surface area (Å²) in [6, 6.07) is 13.5. The normalized spacial score (nSPS) is 15.6. The summed E-state index contributed by atoms with van der Waals surface area (Å²) in [5.74, 6) is -0.216. The highest BCUT2D eigenvalue weighted by Gasteiger charge is 2.21. The van der Waals surface area contributed by atoms with Crippen molar-refractivity contribution in [3.63, 3.8) is 0 Å². The molecule has 2 aromatic rings. The lowest BCUT2D eigenvalue weighted by atomic mass is 10.1. The molecule has 0 spiro atoms. The van der Waals surface area contributed by atoms with Gasteiger partial charge in [0.25, 0.3) is 15.9 Å². The zero-order valence-electron chi connectivity index (χ0n) is 16.8. The Morgan fingerprint density at radius 1 is 1.14 bits per heavy atom. The predicted octanol–water partition coefficient (Wildman–Crippen LogP) is 2.43. The van der Waals surface area contributed by atoms with Gasteiger partial charge in [-0.05, 0) is 43.7 Å². The standard InChI is InChI=1S/C21H28N4O3S/c1-3-16(2)23-21(26)17-9-10-20(25-13-11-22-12-14-25)19(15-17)24-29(27,28)18-7-5-4-6-8-18/h4-10,15-16,22,24H,3,11-14H2,1-2H3,(H,23,26)/t16-/m0/s1. The number of piperazine rings is 1. The Kier molecular flexibility index (Phi) is 6.76. The average molecular weight is 417 g/mol. The highest BCUT2D eigenvalue weighted by molar-refractivity contribution is 7.92. The van der Waals surface area contributed by atoms with Crippen LogP contribution in [0, 0.1) is 0 Å². The van der Waals surface area contributed by atoms with Crippen LogP contribution >= 0.6 is 0 Å². The van der Waals surface area contributed by atoms with Crippen LogP contribution in [0.2, 0.25) is 0 Å². The monoisotopic (exact) mass is 416 g/mol. The van der Waals surface area contributed by atoms with Crippen molar-refractivity contribution in [2.45, 2.75) is 31.2 Å². The Hall–Kier alpha value is -2.58. The number of carbonyl (C=O) groups is 1. The Morgan fingerprint density at radius 2 is 1.83 bits per heavy atom. The topological polar surface area (TPSA) is 90.5 Å². The van der Waals surface area contributed by atoms with E-state index >= 15 is 0 Å². The molecule has 1 atom stereocenters. The number of benzene rings is 2. The Morgan fingerprint density at radius 3 is 2.48 bits per heavy atom. The number of carbonyl (C=O) groups excluding carboxylic acids is 1. The summed E-state index contributed by atoms with van der Waals surface area (Å²) in [6.07, 6.45) is 0.818. The van der Waals surface area contributed by atoms with Gasteiger partial charge in [-0.15, -0.1) is 0 Å². The van der Waals surface area contributed by atoms with Crippen LogP contribution in [-0.2, 0) is 10.0 Å². The molecule has 7 nitrogen and oxygen atoms in total. The minimum Gasteiger partial charge on any atom is -0.367 e. The highest BCUT2D eigenvalue weighted by atomic mass is 32.2. The molecule has 1 saturated heterocycles. The second-order valence-electron chi connectivity index (χ2n) is 7.17. The van der Waals surface area contributed by atoms with Crippen LogP contribution in [0.5, 0.6) is 0 Å². The SMILES string of the molecule is CC[C@H](C)NC(=O)c1ccc(N2CCNCC2)c(NS(=O)(=O)c2ccccc2)c1. The van der Waals surface area contributed by atoms with Gasteiger partial charge in [0.1, 0.15) is 0 Å². The third-order valence-electron chi connectivity index (χ3n) is 5.00. The first-order valence-corrected chi connectivity index (χ1v) is 11.4. The van der Waals surface area contributed by atoms with Gasteiger partial charge in [-0.3, -0.25) is 9.52 Å². The number of hydrogen-bond donors (Lipinski definition) is 3. The summed E-state index contributed by atoms with van der Waals surface area (Å²) in [6.45, 7) is 7.10. The van der Waals surface area contributed by atoms with Gasteiger partial charge in [0.2, 0.25) is 0 Å². The minimum atomic E-state index is -3.77. The van der Waals surface area contributed by atoms with Crippen molar-refractivity contribution >= 4 is 27.3 Å². The molecule has 3 N–H and O–H groups in total. The quantitative estimate of drug-likeness (QED) is 0.645. The van der Waals surface area contributed by atoms with Crippen LogP contribution in [0.3, 0.4) is 0 Å². The van der Waals surface area contributed by atoms with E-state index in [1.54, 1.807) is 42.5 Å². The molecular weight excluding hydrogens is 388 g/mol. The van der Waals surface area contributed by atoms with E-state index in [-0.39, 0.29) is 16.8 Å². The molecule has 1 heterocycles. The maximum absolute atomic E-state index is 12.9. The van der Waals surface area contributed by atoms with E-state index in [4.69, 9.17) is 0 Å². The molecule has 3 rings (SSSR count). The van der Waals surface area contributed by atoms with E-state index in [9.17, 15) is 13.2 Å². The Labute approximate surface area is 172 Å². The van der Waals surface area contributed by atoms with Crippen molar-refractivity contribution in [1.82, 2.24) is 10.6 Å². The first-order valence-electron chi connectivity index (χ1n) is 9.89. The molecule has 0 aliphatic carbocycles. The molecule has 8 heteroatoms. The van der Waals surface area contributed by atoms with Gasteiger partial charge in [0.15, 0.2) is 0 Å². The molecule has 1 aliphatic rings. The molecule has 0 aromatic heterocycles. The van der Waals surface area contributed by atoms with Crippen molar-refractivity contribution in [3.05, 3.63) is 54.1 Å². The third-order valence-corrected chi connectivity index (χ3v) is 6.39.